The second kappa shape index (κ2) is 21.6. The average molecular weight is 445 g/mol. The van der Waals surface area contributed by atoms with Crippen molar-refractivity contribution in [1.29, 1.82) is 0 Å². The number of carbonyl (C=O) groups excluding carboxylic acids is 1. The summed E-state index contributed by atoms with van der Waals surface area (Å²) >= 11 is 0. The van der Waals surface area contributed by atoms with E-state index in [1.54, 1.807) is 0 Å². The Morgan fingerprint density at radius 1 is 0.759 bits per heavy atom. The monoisotopic (exact) mass is 444 g/mol. The van der Waals surface area contributed by atoms with Crippen LogP contribution in [-0.2, 0) is 19.6 Å². The van der Waals surface area contributed by atoms with Crippen molar-refractivity contribution in [2.75, 3.05) is 6.61 Å². The Balaban J connectivity index is -0.00000364. The quantitative estimate of drug-likeness (QED) is 0.134. The number of unbranched alkanes of at least 4 members (excludes halogenated alkanes) is 14. The van der Waals surface area contributed by atoms with E-state index < -0.39 is 21.3 Å². The van der Waals surface area contributed by atoms with Gasteiger partial charge in [-0.15, -0.1) is 0 Å². The number of hydrogen-bond donors (Lipinski definition) is 1. The van der Waals surface area contributed by atoms with Gasteiger partial charge in [-0.1, -0.05) is 110 Å². The molecule has 0 aliphatic rings. The van der Waals surface area contributed by atoms with Crippen LogP contribution in [0.15, 0.2) is 0 Å². The van der Waals surface area contributed by atoms with E-state index in [1.807, 2.05) is 6.92 Å². The largest absolute Gasteiger partial charge is 1.00 e. The van der Waals surface area contributed by atoms with Gasteiger partial charge in [0.2, 0.25) is 0 Å². The molecule has 170 valence electrons. The summed E-state index contributed by atoms with van der Waals surface area (Å²) in [6, 6.07) is 0. The van der Waals surface area contributed by atoms with Gasteiger partial charge in [-0.25, -0.2) is 0 Å². The first-order valence-electron chi connectivity index (χ1n) is 11.6. The van der Waals surface area contributed by atoms with Crippen LogP contribution in [-0.4, -0.2) is 30.8 Å². The van der Waals surface area contributed by atoms with Crippen LogP contribution in [0.5, 0.6) is 0 Å². The van der Waals surface area contributed by atoms with Crippen LogP contribution < -0.4 is 29.6 Å². The summed E-state index contributed by atoms with van der Waals surface area (Å²) in [5.41, 5.74) is 0. The molecule has 0 aromatic carbocycles. The van der Waals surface area contributed by atoms with Gasteiger partial charge in [0, 0.05) is 0 Å². The summed E-state index contributed by atoms with van der Waals surface area (Å²) in [7, 11) is -4.39. The third kappa shape index (κ3) is 20.1. The molecule has 0 aliphatic carbocycles. The van der Waals surface area contributed by atoms with Gasteiger partial charge in [0.05, 0.1) is 6.61 Å². The molecular weight excluding hydrogens is 399 g/mol. The third-order valence-electron chi connectivity index (χ3n) is 5.18. The van der Waals surface area contributed by atoms with Gasteiger partial charge in [-0.3, -0.25) is 9.35 Å². The molecule has 0 saturated carbocycles. The molecule has 29 heavy (non-hydrogen) atoms. The van der Waals surface area contributed by atoms with Crippen LogP contribution in [0, 0.1) is 0 Å². The zero-order chi connectivity index (χ0) is 21.1. The van der Waals surface area contributed by atoms with Gasteiger partial charge in [-0.2, -0.15) is 8.42 Å². The van der Waals surface area contributed by atoms with Crippen LogP contribution in [0.3, 0.4) is 0 Å². The van der Waals surface area contributed by atoms with Gasteiger partial charge in [0.25, 0.3) is 10.1 Å². The second-order valence-corrected chi connectivity index (χ2v) is 9.51. The van der Waals surface area contributed by atoms with Crippen LogP contribution in [0.4, 0.5) is 0 Å². The molecule has 1 atom stereocenters. The fourth-order valence-electron chi connectivity index (χ4n) is 3.32. The maximum atomic E-state index is 11.9. The molecule has 0 radical (unpaired) electrons. The normalized spacial score (nSPS) is 12.4. The minimum absolute atomic E-state index is 0. The Labute approximate surface area is 203 Å². The van der Waals surface area contributed by atoms with Crippen molar-refractivity contribution in [1.82, 2.24) is 0 Å². The maximum Gasteiger partial charge on any atom is 1.00 e. The SMILES string of the molecule is CCCCCCCCCCCCCCCCC(C(=O)OCCCC)S(=O)(=O)O.[H-].[Na+]. The topological polar surface area (TPSA) is 80.7 Å². The van der Waals surface area contributed by atoms with E-state index in [9.17, 15) is 17.8 Å². The molecule has 0 rings (SSSR count). The van der Waals surface area contributed by atoms with Gasteiger partial charge < -0.3 is 6.16 Å². The zero-order valence-electron chi connectivity index (χ0n) is 20.3. The minimum atomic E-state index is -4.39. The average Bonchev–Trinajstić information content (AvgIpc) is 2.64. The summed E-state index contributed by atoms with van der Waals surface area (Å²) in [5, 5.41) is -1.43. The molecule has 0 amide bonds. The maximum absolute atomic E-state index is 11.9. The Hall–Kier alpha value is 0.380. The molecular formula is C22H45NaO5S. The van der Waals surface area contributed by atoms with Gasteiger partial charge in [-0.05, 0) is 12.8 Å². The fourth-order valence-corrected chi connectivity index (χ4v) is 4.10. The van der Waals surface area contributed by atoms with Gasteiger partial charge >= 0.3 is 35.5 Å². The Kier molecular flexibility index (Phi) is 23.5. The molecule has 0 saturated heterocycles. The van der Waals surface area contributed by atoms with Crippen LogP contribution in [0.1, 0.15) is 124 Å². The van der Waals surface area contributed by atoms with Crippen molar-refractivity contribution < 1.29 is 53.5 Å². The molecule has 0 aromatic heterocycles. The first kappa shape index (κ1) is 31.6. The Morgan fingerprint density at radius 3 is 1.52 bits per heavy atom. The van der Waals surface area contributed by atoms with E-state index in [1.165, 1.54) is 64.2 Å². The predicted molar refractivity (Wildman–Crippen MR) is 117 cm³/mol. The van der Waals surface area contributed by atoms with Gasteiger partial charge in [0.15, 0.2) is 5.25 Å². The van der Waals surface area contributed by atoms with Crippen LogP contribution in [0.2, 0.25) is 0 Å². The van der Waals surface area contributed by atoms with Crippen molar-refractivity contribution in [2.45, 2.75) is 128 Å². The smallest absolute Gasteiger partial charge is 1.00 e. The number of carbonyl (C=O) groups is 1. The first-order valence-corrected chi connectivity index (χ1v) is 13.1. The summed E-state index contributed by atoms with van der Waals surface area (Å²) in [5.74, 6) is -0.814. The second-order valence-electron chi connectivity index (χ2n) is 7.91. The molecule has 7 heteroatoms. The molecule has 0 heterocycles. The van der Waals surface area contributed by atoms with Crippen molar-refractivity contribution in [3.05, 3.63) is 0 Å². The summed E-state index contributed by atoms with van der Waals surface area (Å²) in [6.45, 7) is 4.41. The number of esters is 1. The Morgan fingerprint density at radius 2 is 1.14 bits per heavy atom. The van der Waals surface area contributed by atoms with E-state index in [0.29, 0.717) is 12.8 Å². The minimum Gasteiger partial charge on any atom is -1.00 e. The van der Waals surface area contributed by atoms with E-state index in [4.69, 9.17) is 4.74 Å². The summed E-state index contributed by atoms with van der Waals surface area (Å²) in [4.78, 5) is 11.9. The van der Waals surface area contributed by atoms with E-state index in [0.717, 1.165) is 25.7 Å². The molecule has 0 aliphatic heterocycles. The van der Waals surface area contributed by atoms with Gasteiger partial charge in [0.1, 0.15) is 0 Å². The summed E-state index contributed by atoms with van der Waals surface area (Å²) in [6.07, 6.45) is 18.7. The molecule has 1 unspecified atom stereocenters. The predicted octanol–water partition coefficient (Wildman–Crippen LogP) is 3.57. The third-order valence-corrected chi connectivity index (χ3v) is 6.33. The molecule has 0 spiro atoms. The molecule has 1 N–H and O–H groups in total. The van der Waals surface area contributed by atoms with E-state index in [-0.39, 0.29) is 44.0 Å². The van der Waals surface area contributed by atoms with Crippen molar-refractivity contribution in [2.24, 2.45) is 0 Å². The van der Waals surface area contributed by atoms with E-state index in [2.05, 4.69) is 6.92 Å². The molecule has 5 nitrogen and oxygen atoms in total. The first-order chi connectivity index (χ1) is 13.4. The molecule has 0 bridgehead atoms. The molecule has 0 aromatic rings. The number of ether oxygens (including phenoxy) is 1. The van der Waals surface area contributed by atoms with Crippen LogP contribution >= 0.6 is 0 Å². The van der Waals surface area contributed by atoms with Crippen LogP contribution in [0.25, 0.3) is 0 Å². The fraction of sp³-hybridized carbons (Fsp3) is 0.955. The van der Waals surface area contributed by atoms with Crippen molar-refractivity contribution >= 4 is 16.1 Å². The number of hydrogen-bond acceptors (Lipinski definition) is 4. The summed E-state index contributed by atoms with van der Waals surface area (Å²) < 4.78 is 37.1. The van der Waals surface area contributed by atoms with Crippen molar-refractivity contribution in [3.63, 3.8) is 0 Å². The zero-order valence-corrected chi connectivity index (χ0v) is 22.1. The Bertz CT molecular complexity index is 474. The standard InChI is InChI=1S/C22H44O5S.Na.H/c1-3-5-7-8-9-10-11-12-13-14-15-16-17-18-19-21(28(24,25)26)22(23)27-20-6-4-2;;/h21H,3-20H2,1-2H3,(H,24,25,26);;/q;+1;-1. The van der Waals surface area contributed by atoms with E-state index >= 15 is 0 Å². The van der Waals surface area contributed by atoms with Crippen molar-refractivity contribution in [3.8, 4) is 0 Å². The molecule has 0 fully saturated rings. The number of rotatable bonds is 20.